The van der Waals surface area contributed by atoms with Gasteiger partial charge in [-0.1, -0.05) is 32.4 Å². The van der Waals surface area contributed by atoms with Gasteiger partial charge in [-0.2, -0.15) is 5.26 Å². The van der Waals surface area contributed by atoms with Crippen molar-refractivity contribution < 1.29 is 4.74 Å². The SMILES string of the molecule is CCCc1ccc(OCC(C#N)NCC)cc1. The second-order valence-corrected chi connectivity index (χ2v) is 3.94. The molecule has 0 saturated heterocycles. The number of benzene rings is 1. The van der Waals surface area contributed by atoms with Gasteiger partial charge in [-0.3, -0.25) is 5.32 Å². The molecule has 0 amide bonds. The maximum Gasteiger partial charge on any atom is 0.130 e. The van der Waals surface area contributed by atoms with Crippen LogP contribution in [0.15, 0.2) is 24.3 Å². The number of aryl methyl sites for hydroxylation is 1. The molecule has 0 spiro atoms. The maximum absolute atomic E-state index is 8.86. The predicted molar refractivity (Wildman–Crippen MR) is 69.0 cm³/mol. The highest BCUT2D eigenvalue weighted by Gasteiger charge is 2.05. The molecule has 17 heavy (non-hydrogen) atoms. The average molecular weight is 232 g/mol. The lowest BCUT2D eigenvalue weighted by Gasteiger charge is -2.11. The van der Waals surface area contributed by atoms with Crippen molar-refractivity contribution in [3.8, 4) is 11.8 Å². The van der Waals surface area contributed by atoms with Crippen molar-refractivity contribution in [1.29, 1.82) is 5.26 Å². The Morgan fingerprint density at radius 1 is 1.29 bits per heavy atom. The highest BCUT2D eigenvalue weighted by molar-refractivity contribution is 5.27. The summed E-state index contributed by atoms with van der Waals surface area (Å²) in [7, 11) is 0. The van der Waals surface area contributed by atoms with Crippen LogP contribution >= 0.6 is 0 Å². The molecule has 0 heterocycles. The van der Waals surface area contributed by atoms with Gasteiger partial charge in [-0.15, -0.1) is 0 Å². The Labute approximate surface area is 103 Å². The minimum Gasteiger partial charge on any atom is -0.491 e. The van der Waals surface area contributed by atoms with E-state index in [9.17, 15) is 0 Å². The number of nitrogens with one attached hydrogen (secondary N) is 1. The van der Waals surface area contributed by atoms with Crippen LogP contribution < -0.4 is 10.1 Å². The molecule has 1 aromatic carbocycles. The topological polar surface area (TPSA) is 45.0 Å². The van der Waals surface area contributed by atoms with Crippen molar-refractivity contribution in [2.45, 2.75) is 32.7 Å². The van der Waals surface area contributed by atoms with Gasteiger partial charge in [0, 0.05) is 0 Å². The van der Waals surface area contributed by atoms with Crippen molar-refractivity contribution in [2.24, 2.45) is 0 Å². The molecule has 0 radical (unpaired) electrons. The lowest BCUT2D eigenvalue weighted by molar-refractivity contribution is 0.291. The van der Waals surface area contributed by atoms with Gasteiger partial charge in [0.25, 0.3) is 0 Å². The van der Waals surface area contributed by atoms with Crippen LogP contribution in [0.5, 0.6) is 5.75 Å². The van der Waals surface area contributed by atoms with Crippen molar-refractivity contribution in [3.05, 3.63) is 29.8 Å². The van der Waals surface area contributed by atoms with Gasteiger partial charge < -0.3 is 4.74 Å². The fourth-order valence-electron chi connectivity index (χ4n) is 1.61. The molecule has 0 aliphatic heterocycles. The first-order valence-corrected chi connectivity index (χ1v) is 6.14. The van der Waals surface area contributed by atoms with Gasteiger partial charge in [0.05, 0.1) is 6.07 Å². The predicted octanol–water partition coefficient (Wildman–Crippen LogP) is 2.52. The summed E-state index contributed by atoms with van der Waals surface area (Å²) in [5, 5.41) is 11.9. The smallest absolute Gasteiger partial charge is 0.130 e. The second kappa shape index (κ2) is 7.70. The van der Waals surface area contributed by atoms with Crippen LogP contribution in [0.1, 0.15) is 25.8 Å². The zero-order valence-corrected chi connectivity index (χ0v) is 10.6. The van der Waals surface area contributed by atoms with E-state index in [0.29, 0.717) is 6.61 Å². The fraction of sp³-hybridized carbons (Fsp3) is 0.500. The van der Waals surface area contributed by atoms with E-state index >= 15 is 0 Å². The fourth-order valence-corrected chi connectivity index (χ4v) is 1.61. The van der Waals surface area contributed by atoms with Crippen LogP contribution in [0.4, 0.5) is 0 Å². The summed E-state index contributed by atoms with van der Waals surface area (Å²) >= 11 is 0. The third kappa shape index (κ3) is 4.88. The molecule has 1 aromatic rings. The molecule has 0 bridgehead atoms. The Hall–Kier alpha value is -1.53. The Morgan fingerprint density at radius 2 is 2.00 bits per heavy atom. The van der Waals surface area contributed by atoms with Crippen LogP contribution in [0, 0.1) is 11.3 Å². The van der Waals surface area contributed by atoms with Gasteiger partial charge in [-0.25, -0.2) is 0 Å². The maximum atomic E-state index is 8.86. The van der Waals surface area contributed by atoms with E-state index < -0.39 is 0 Å². The molecule has 1 atom stereocenters. The van der Waals surface area contributed by atoms with E-state index in [1.807, 2.05) is 19.1 Å². The lowest BCUT2D eigenvalue weighted by Crippen LogP contribution is -2.32. The molecular formula is C14H20N2O. The average Bonchev–Trinajstić information content (AvgIpc) is 2.36. The van der Waals surface area contributed by atoms with Crippen molar-refractivity contribution in [3.63, 3.8) is 0 Å². The van der Waals surface area contributed by atoms with E-state index in [2.05, 4.69) is 30.4 Å². The number of rotatable bonds is 7. The molecule has 3 heteroatoms. The molecule has 1 N–H and O–H groups in total. The van der Waals surface area contributed by atoms with Gasteiger partial charge in [0.1, 0.15) is 18.4 Å². The molecule has 0 aromatic heterocycles. The zero-order valence-electron chi connectivity index (χ0n) is 10.6. The molecule has 0 aliphatic carbocycles. The van der Waals surface area contributed by atoms with Gasteiger partial charge in [0.15, 0.2) is 0 Å². The van der Waals surface area contributed by atoms with E-state index in [1.54, 1.807) is 0 Å². The summed E-state index contributed by atoms with van der Waals surface area (Å²) in [5.41, 5.74) is 1.32. The quantitative estimate of drug-likeness (QED) is 0.785. The molecule has 0 aliphatic rings. The van der Waals surface area contributed by atoms with Crippen molar-refractivity contribution in [2.75, 3.05) is 13.2 Å². The number of nitriles is 1. The summed E-state index contributed by atoms with van der Waals surface area (Å²) in [5.74, 6) is 0.822. The normalized spacial score (nSPS) is 11.8. The second-order valence-electron chi connectivity index (χ2n) is 3.94. The molecule has 1 unspecified atom stereocenters. The first-order valence-electron chi connectivity index (χ1n) is 6.14. The van der Waals surface area contributed by atoms with Crippen LogP contribution in [0.25, 0.3) is 0 Å². The number of nitrogens with zero attached hydrogens (tertiary/aromatic N) is 1. The van der Waals surface area contributed by atoms with Gasteiger partial charge in [-0.05, 0) is 30.7 Å². The molecule has 1 rings (SSSR count). The third-order valence-electron chi connectivity index (χ3n) is 2.49. The zero-order chi connectivity index (χ0) is 12.5. The van der Waals surface area contributed by atoms with Gasteiger partial charge >= 0.3 is 0 Å². The summed E-state index contributed by atoms with van der Waals surface area (Å²) in [6.07, 6.45) is 2.25. The number of hydrogen-bond acceptors (Lipinski definition) is 3. The van der Waals surface area contributed by atoms with Crippen LogP contribution in [-0.4, -0.2) is 19.2 Å². The highest BCUT2D eigenvalue weighted by atomic mass is 16.5. The first-order chi connectivity index (χ1) is 8.30. The monoisotopic (exact) mass is 232 g/mol. The lowest BCUT2D eigenvalue weighted by atomic mass is 10.1. The molecular weight excluding hydrogens is 212 g/mol. The number of hydrogen-bond donors (Lipinski definition) is 1. The standard InChI is InChI=1S/C14H20N2O/c1-3-5-12-6-8-14(9-7-12)17-11-13(10-15)16-4-2/h6-9,13,16H,3-5,11H2,1-2H3. The molecule has 3 nitrogen and oxygen atoms in total. The summed E-state index contributed by atoms with van der Waals surface area (Å²) in [4.78, 5) is 0. The van der Waals surface area contributed by atoms with Crippen molar-refractivity contribution in [1.82, 2.24) is 5.32 Å². The minimum absolute atomic E-state index is 0.240. The third-order valence-corrected chi connectivity index (χ3v) is 2.49. The Balaban J connectivity index is 2.44. The Morgan fingerprint density at radius 3 is 2.53 bits per heavy atom. The van der Waals surface area contributed by atoms with Crippen molar-refractivity contribution >= 4 is 0 Å². The number of likely N-dealkylation sites (N-methyl/N-ethyl adjacent to an activating group) is 1. The summed E-state index contributed by atoms with van der Waals surface area (Å²) < 4.78 is 5.56. The van der Waals surface area contributed by atoms with Crippen LogP contribution in [0.3, 0.4) is 0 Å². The van der Waals surface area contributed by atoms with Gasteiger partial charge in [0.2, 0.25) is 0 Å². The highest BCUT2D eigenvalue weighted by Crippen LogP contribution is 2.13. The molecule has 92 valence electrons. The first kappa shape index (κ1) is 13.5. The van der Waals surface area contributed by atoms with E-state index in [1.165, 1.54) is 5.56 Å². The molecule has 0 saturated carbocycles. The minimum atomic E-state index is -0.240. The van der Waals surface area contributed by atoms with E-state index in [-0.39, 0.29) is 6.04 Å². The summed E-state index contributed by atoms with van der Waals surface area (Å²) in [6.45, 7) is 5.30. The van der Waals surface area contributed by atoms with Crippen LogP contribution in [-0.2, 0) is 6.42 Å². The summed E-state index contributed by atoms with van der Waals surface area (Å²) in [6, 6.07) is 10.0. The van der Waals surface area contributed by atoms with E-state index in [0.717, 1.165) is 25.1 Å². The van der Waals surface area contributed by atoms with Crippen LogP contribution in [0.2, 0.25) is 0 Å². The Bertz CT molecular complexity index is 353. The largest absolute Gasteiger partial charge is 0.491 e. The van der Waals surface area contributed by atoms with E-state index in [4.69, 9.17) is 10.00 Å². The Kier molecular flexibility index (Phi) is 6.13. The number of ether oxygens (including phenoxy) is 1. The molecule has 0 fully saturated rings.